The largest absolute Gasteiger partial charge is 0.356 e. The molecule has 0 fully saturated rings. The fourth-order valence-corrected chi connectivity index (χ4v) is 2.24. The van der Waals surface area contributed by atoms with Gasteiger partial charge in [0.05, 0.1) is 0 Å². The maximum atomic E-state index is 4.62. The summed E-state index contributed by atoms with van der Waals surface area (Å²) < 4.78 is 0. The van der Waals surface area contributed by atoms with E-state index in [1.54, 1.807) is 0 Å². The molecule has 1 heterocycles. The first-order valence-corrected chi connectivity index (χ1v) is 7.88. The van der Waals surface area contributed by atoms with E-state index in [9.17, 15) is 0 Å². The third-order valence-electron chi connectivity index (χ3n) is 3.07. The standard InChI is InChI=1S/C15H25BrN2/c1-5-6-10-18(11-9-16)14-8-7-13(12-17-14)15(2,3)4/h7-8,12H,5-6,9-11H2,1-4H3. The average molecular weight is 313 g/mol. The van der Waals surface area contributed by atoms with Crippen molar-refractivity contribution < 1.29 is 0 Å². The lowest BCUT2D eigenvalue weighted by Crippen LogP contribution is -2.27. The van der Waals surface area contributed by atoms with Gasteiger partial charge < -0.3 is 4.90 Å². The van der Waals surface area contributed by atoms with Gasteiger partial charge in [0.2, 0.25) is 0 Å². The Hall–Kier alpha value is -0.570. The molecular formula is C15H25BrN2. The van der Waals surface area contributed by atoms with E-state index in [1.807, 2.05) is 6.20 Å². The summed E-state index contributed by atoms with van der Waals surface area (Å²) in [5.74, 6) is 1.09. The zero-order chi connectivity index (χ0) is 13.6. The summed E-state index contributed by atoms with van der Waals surface area (Å²) in [5.41, 5.74) is 1.47. The zero-order valence-electron chi connectivity index (χ0n) is 12.0. The molecule has 0 aromatic carbocycles. The minimum absolute atomic E-state index is 0.176. The maximum Gasteiger partial charge on any atom is 0.128 e. The summed E-state index contributed by atoms with van der Waals surface area (Å²) in [6.07, 6.45) is 4.46. The second-order valence-corrected chi connectivity index (χ2v) is 6.48. The summed E-state index contributed by atoms with van der Waals surface area (Å²) in [4.78, 5) is 6.97. The Kier molecular flexibility index (Phi) is 6.13. The van der Waals surface area contributed by atoms with Crippen LogP contribution in [0.5, 0.6) is 0 Å². The van der Waals surface area contributed by atoms with Crippen LogP contribution < -0.4 is 4.90 Å². The highest BCUT2D eigenvalue weighted by atomic mass is 79.9. The lowest BCUT2D eigenvalue weighted by Gasteiger charge is -2.24. The maximum absolute atomic E-state index is 4.62. The van der Waals surface area contributed by atoms with E-state index in [-0.39, 0.29) is 5.41 Å². The molecule has 1 rings (SSSR count). The van der Waals surface area contributed by atoms with Crippen LogP contribution in [0.4, 0.5) is 5.82 Å². The van der Waals surface area contributed by atoms with E-state index in [0.717, 1.165) is 24.2 Å². The van der Waals surface area contributed by atoms with Crippen molar-refractivity contribution in [1.29, 1.82) is 0 Å². The van der Waals surface area contributed by atoms with Gasteiger partial charge in [-0.25, -0.2) is 4.98 Å². The van der Waals surface area contributed by atoms with Gasteiger partial charge in [0.25, 0.3) is 0 Å². The summed E-state index contributed by atoms with van der Waals surface area (Å²) in [6, 6.07) is 4.36. The van der Waals surface area contributed by atoms with Crippen LogP contribution in [-0.4, -0.2) is 23.4 Å². The monoisotopic (exact) mass is 312 g/mol. The molecule has 0 radical (unpaired) electrons. The van der Waals surface area contributed by atoms with Crippen LogP contribution in [0.1, 0.15) is 46.1 Å². The van der Waals surface area contributed by atoms with Crippen LogP contribution in [0.3, 0.4) is 0 Å². The third kappa shape index (κ3) is 4.60. The Morgan fingerprint density at radius 1 is 1.22 bits per heavy atom. The number of anilines is 1. The number of hydrogen-bond donors (Lipinski definition) is 0. The van der Waals surface area contributed by atoms with E-state index in [0.29, 0.717) is 0 Å². The number of unbranched alkanes of at least 4 members (excludes halogenated alkanes) is 1. The molecular weight excluding hydrogens is 288 g/mol. The van der Waals surface area contributed by atoms with Crippen LogP contribution in [0.25, 0.3) is 0 Å². The molecule has 102 valence electrons. The number of aromatic nitrogens is 1. The second-order valence-electron chi connectivity index (χ2n) is 5.68. The fraction of sp³-hybridized carbons (Fsp3) is 0.667. The van der Waals surface area contributed by atoms with E-state index in [1.165, 1.54) is 18.4 Å². The Morgan fingerprint density at radius 2 is 1.94 bits per heavy atom. The Bertz CT molecular complexity index is 341. The predicted octanol–water partition coefficient (Wildman–Crippen LogP) is 4.38. The first-order valence-electron chi connectivity index (χ1n) is 6.76. The first-order chi connectivity index (χ1) is 8.49. The van der Waals surface area contributed by atoms with Gasteiger partial charge in [-0.1, -0.05) is 56.1 Å². The second kappa shape index (κ2) is 7.13. The highest BCUT2D eigenvalue weighted by Gasteiger charge is 2.14. The highest BCUT2D eigenvalue weighted by Crippen LogP contribution is 2.23. The topological polar surface area (TPSA) is 16.1 Å². The number of pyridine rings is 1. The number of rotatable bonds is 6. The van der Waals surface area contributed by atoms with E-state index in [4.69, 9.17) is 0 Å². The normalized spacial score (nSPS) is 11.6. The molecule has 0 unspecified atom stereocenters. The minimum atomic E-state index is 0.176. The summed E-state index contributed by atoms with van der Waals surface area (Å²) >= 11 is 3.52. The highest BCUT2D eigenvalue weighted by molar-refractivity contribution is 9.09. The van der Waals surface area contributed by atoms with Gasteiger partial charge in [-0.2, -0.15) is 0 Å². The first kappa shape index (κ1) is 15.5. The smallest absolute Gasteiger partial charge is 0.128 e. The summed E-state index contributed by atoms with van der Waals surface area (Å²) in [5, 5.41) is 0.986. The summed E-state index contributed by atoms with van der Waals surface area (Å²) in [6.45, 7) is 11.0. The van der Waals surface area contributed by atoms with E-state index >= 15 is 0 Å². The molecule has 1 aromatic heterocycles. The molecule has 0 N–H and O–H groups in total. The average Bonchev–Trinajstić information content (AvgIpc) is 2.33. The van der Waals surface area contributed by atoms with E-state index < -0.39 is 0 Å². The molecule has 0 aliphatic carbocycles. The van der Waals surface area contributed by atoms with Gasteiger partial charge in [0.15, 0.2) is 0 Å². The summed E-state index contributed by atoms with van der Waals surface area (Å²) in [7, 11) is 0. The number of nitrogens with zero attached hydrogens (tertiary/aromatic N) is 2. The predicted molar refractivity (Wildman–Crippen MR) is 83.9 cm³/mol. The van der Waals surface area contributed by atoms with Gasteiger partial charge in [-0.3, -0.25) is 0 Å². The fourth-order valence-electron chi connectivity index (χ4n) is 1.81. The van der Waals surface area contributed by atoms with Crippen LogP contribution >= 0.6 is 15.9 Å². The van der Waals surface area contributed by atoms with Crippen molar-refractivity contribution in [3.63, 3.8) is 0 Å². The molecule has 3 heteroatoms. The van der Waals surface area contributed by atoms with Gasteiger partial charge in [0, 0.05) is 24.6 Å². The van der Waals surface area contributed by atoms with Crippen molar-refractivity contribution in [3.05, 3.63) is 23.9 Å². The Balaban J connectivity index is 2.79. The lowest BCUT2D eigenvalue weighted by atomic mass is 9.88. The van der Waals surface area contributed by atoms with Crippen molar-refractivity contribution in [2.24, 2.45) is 0 Å². The molecule has 18 heavy (non-hydrogen) atoms. The molecule has 1 aromatic rings. The van der Waals surface area contributed by atoms with Gasteiger partial charge in [-0.15, -0.1) is 0 Å². The van der Waals surface area contributed by atoms with Crippen molar-refractivity contribution in [2.75, 3.05) is 23.3 Å². The van der Waals surface area contributed by atoms with Gasteiger partial charge in [-0.05, 0) is 23.5 Å². The molecule has 0 saturated carbocycles. The molecule has 0 aliphatic rings. The molecule has 0 atom stereocenters. The van der Waals surface area contributed by atoms with Gasteiger partial charge >= 0.3 is 0 Å². The number of halogens is 1. The molecule has 0 spiro atoms. The van der Waals surface area contributed by atoms with Crippen LogP contribution in [0, 0.1) is 0 Å². The third-order valence-corrected chi connectivity index (χ3v) is 3.43. The Morgan fingerprint density at radius 3 is 2.39 bits per heavy atom. The molecule has 0 bridgehead atoms. The van der Waals surface area contributed by atoms with E-state index in [2.05, 4.69) is 65.6 Å². The van der Waals surface area contributed by atoms with Crippen molar-refractivity contribution in [1.82, 2.24) is 4.98 Å². The van der Waals surface area contributed by atoms with Crippen LogP contribution in [0.2, 0.25) is 0 Å². The number of alkyl halides is 1. The SMILES string of the molecule is CCCCN(CCBr)c1ccc(C(C)(C)C)cn1. The Labute approximate surface area is 120 Å². The van der Waals surface area contributed by atoms with Crippen molar-refractivity contribution in [3.8, 4) is 0 Å². The van der Waals surface area contributed by atoms with Crippen molar-refractivity contribution in [2.45, 2.75) is 46.0 Å². The lowest BCUT2D eigenvalue weighted by molar-refractivity contribution is 0.587. The van der Waals surface area contributed by atoms with Gasteiger partial charge in [0.1, 0.15) is 5.82 Å². The minimum Gasteiger partial charge on any atom is -0.356 e. The molecule has 0 amide bonds. The quantitative estimate of drug-likeness (QED) is 0.725. The van der Waals surface area contributed by atoms with Crippen molar-refractivity contribution >= 4 is 21.7 Å². The zero-order valence-corrected chi connectivity index (χ0v) is 13.6. The number of hydrogen-bond acceptors (Lipinski definition) is 2. The van der Waals surface area contributed by atoms with Crippen LogP contribution in [0.15, 0.2) is 18.3 Å². The molecule has 0 saturated heterocycles. The van der Waals surface area contributed by atoms with Crippen LogP contribution in [-0.2, 0) is 5.41 Å². The molecule has 2 nitrogen and oxygen atoms in total. The molecule has 0 aliphatic heterocycles.